The van der Waals surface area contributed by atoms with Gasteiger partial charge in [0.05, 0.1) is 12.2 Å². The second-order valence-electron chi connectivity index (χ2n) is 7.31. The number of hydrogen-bond acceptors (Lipinski definition) is 6. The van der Waals surface area contributed by atoms with Crippen molar-refractivity contribution in [2.24, 2.45) is 0 Å². The van der Waals surface area contributed by atoms with Gasteiger partial charge in [-0.25, -0.2) is 4.79 Å². The van der Waals surface area contributed by atoms with Crippen molar-refractivity contribution in [3.05, 3.63) is 41.8 Å². The molecule has 0 radical (unpaired) electrons. The zero-order valence-corrected chi connectivity index (χ0v) is 15.6. The highest BCUT2D eigenvalue weighted by Gasteiger charge is 2.29. The third-order valence-corrected chi connectivity index (χ3v) is 4.93. The van der Waals surface area contributed by atoms with Crippen LogP contribution in [0, 0.1) is 0 Å². The lowest BCUT2D eigenvalue weighted by Gasteiger charge is -2.25. The van der Waals surface area contributed by atoms with Crippen molar-refractivity contribution in [1.29, 1.82) is 0 Å². The van der Waals surface area contributed by atoms with Crippen LogP contribution in [0.3, 0.4) is 0 Å². The Morgan fingerprint density at radius 3 is 2.93 bits per heavy atom. The first-order valence-electron chi connectivity index (χ1n) is 9.72. The van der Waals surface area contributed by atoms with Crippen LogP contribution in [0.1, 0.15) is 49.0 Å². The summed E-state index contributed by atoms with van der Waals surface area (Å²) in [5, 5.41) is 9.81. The molecular formula is C19H24N6O3. The molecule has 2 aliphatic rings. The summed E-state index contributed by atoms with van der Waals surface area (Å²) in [6, 6.07) is 5.38. The molecule has 4 rings (SSSR count). The molecule has 2 N–H and O–H groups in total. The first kappa shape index (κ1) is 18.4. The Morgan fingerprint density at radius 2 is 2.21 bits per heavy atom. The van der Waals surface area contributed by atoms with Gasteiger partial charge in [-0.15, -0.1) is 0 Å². The molecule has 3 heterocycles. The maximum absolute atomic E-state index is 12.7. The zero-order valence-electron chi connectivity index (χ0n) is 15.6. The molecule has 0 spiro atoms. The highest BCUT2D eigenvalue weighted by atomic mass is 16.5. The Hall–Kier alpha value is -2.97. The van der Waals surface area contributed by atoms with E-state index in [1.807, 2.05) is 18.2 Å². The minimum Gasteiger partial charge on any atom is -0.352 e. The average molecular weight is 384 g/mol. The molecule has 3 amide bonds. The molecule has 0 bridgehead atoms. The van der Waals surface area contributed by atoms with Gasteiger partial charge < -0.3 is 20.1 Å². The Bertz CT molecular complexity index is 820. The maximum Gasteiger partial charge on any atom is 0.317 e. The zero-order chi connectivity index (χ0) is 19.3. The van der Waals surface area contributed by atoms with E-state index in [4.69, 9.17) is 4.52 Å². The summed E-state index contributed by atoms with van der Waals surface area (Å²) < 4.78 is 5.24. The Balaban J connectivity index is 1.32. The fourth-order valence-corrected chi connectivity index (χ4v) is 3.25. The first-order chi connectivity index (χ1) is 13.7. The number of pyridine rings is 1. The molecule has 1 aliphatic heterocycles. The van der Waals surface area contributed by atoms with E-state index in [1.54, 1.807) is 11.1 Å². The standard InChI is InChI=1S/C19H24N6O3/c26-16-7-6-15(22-16)12-25(11-14-3-1-2-9-20-14)19(27)21-10-8-17-23-18(24-28-17)13-4-5-13/h1-3,9,13,15H,4-8,10-12H2,(H,21,27)(H,22,26)/t15-/m0/s1. The second-order valence-corrected chi connectivity index (χ2v) is 7.31. The molecule has 1 saturated carbocycles. The third kappa shape index (κ3) is 4.85. The van der Waals surface area contributed by atoms with E-state index in [2.05, 4.69) is 25.8 Å². The van der Waals surface area contributed by atoms with Gasteiger partial charge in [0.2, 0.25) is 11.8 Å². The van der Waals surface area contributed by atoms with Gasteiger partial charge in [0, 0.05) is 44.1 Å². The van der Waals surface area contributed by atoms with E-state index >= 15 is 0 Å². The number of amides is 3. The van der Waals surface area contributed by atoms with Crippen LogP contribution in [0.2, 0.25) is 0 Å². The summed E-state index contributed by atoms with van der Waals surface area (Å²) >= 11 is 0. The summed E-state index contributed by atoms with van der Waals surface area (Å²) in [6.45, 7) is 1.23. The van der Waals surface area contributed by atoms with E-state index < -0.39 is 0 Å². The monoisotopic (exact) mass is 384 g/mol. The molecular weight excluding hydrogens is 360 g/mol. The van der Waals surface area contributed by atoms with Crippen LogP contribution in [0.15, 0.2) is 28.9 Å². The van der Waals surface area contributed by atoms with Gasteiger partial charge in [-0.1, -0.05) is 11.2 Å². The molecule has 1 saturated heterocycles. The molecule has 2 fully saturated rings. The van der Waals surface area contributed by atoms with Crippen LogP contribution in [0.5, 0.6) is 0 Å². The number of hydrogen-bond donors (Lipinski definition) is 2. The van der Waals surface area contributed by atoms with Crippen LogP contribution in [-0.2, 0) is 17.8 Å². The van der Waals surface area contributed by atoms with E-state index in [-0.39, 0.29) is 18.0 Å². The molecule has 148 valence electrons. The normalized spacial score (nSPS) is 18.7. The molecule has 2 aromatic rings. The maximum atomic E-state index is 12.7. The van der Waals surface area contributed by atoms with Gasteiger partial charge in [-0.05, 0) is 31.4 Å². The summed E-state index contributed by atoms with van der Waals surface area (Å²) in [5.41, 5.74) is 0.799. The lowest BCUT2D eigenvalue weighted by molar-refractivity contribution is -0.119. The van der Waals surface area contributed by atoms with Crippen molar-refractivity contribution in [3.8, 4) is 0 Å². The van der Waals surface area contributed by atoms with E-state index in [1.165, 1.54) is 0 Å². The summed E-state index contributed by atoms with van der Waals surface area (Å²) in [6.07, 6.45) is 5.67. The van der Waals surface area contributed by atoms with Crippen LogP contribution in [0.25, 0.3) is 0 Å². The molecule has 0 unspecified atom stereocenters. The van der Waals surface area contributed by atoms with Crippen LogP contribution < -0.4 is 10.6 Å². The fraction of sp³-hybridized carbons (Fsp3) is 0.526. The predicted octanol–water partition coefficient (Wildman–Crippen LogP) is 1.37. The summed E-state index contributed by atoms with van der Waals surface area (Å²) in [4.78, 5) is 34.6. The topological polar surface area (TPSA) is 113 Å². The van der Waals surface area contributed by atoms with Gasteiger partial charge in [-0.2, -0.15) is 4.98 Å². The Kier molecular flexibility index (Phi) is 5.50. The first-order valence-corrected chi connectivity index (χ1v) is 9.72. The van der Waals surface area contributed by atoms with Crippen LogP contribution in [-0.4, -0.2) is 51.1 Å². The Labute approximate surface area is 162 Å². The minimum absolute atomic E-state index is 0.0287. The van der Waals surface area contributed by atoms with E-state index in [9.17, 15) is 9.59 Å². The number of carbonyl (C=O) groups excluding carboxylic acids is 2. The average Bonchev–Trinajstić information content (AvgIpc) is 3.31. The molecule has 0 aromatic carbocycles. The Morgan fingerprint density at radius 1 is 1.32 bits per heavy atom. The third-order valence-electron chi connectivity index (χ3n) is 4.93. The quantitative estimate of drug-likeness (QED) is 0.711. The second kappa shape index (κ2) is 8.37. The molecule has 9 heteroatoms. The van der Waals surface area contributed by atoms with Crippen molar-refractivity contribution in [2.75, 3.05) is 13.1 Å². The fourth-order valence-electron chi connectivity index (χ4n) is 3.25. The molecule has 1 atom stereocenters. The summed E-state index contributed by atoms with van der Waals surface area (Å²) in [5.74, 6) is 1.80. The lowest BCUT2D eigenvalue weighted by Crippen LogP contribution is -2.46. The SMILES string of the molecule is O=C1CC[C@@H](CN(Cc2ccccn2)C(=O)NCCc2nc(C3CC3)no2)N1. The smallest absolute Gasteiger partial charge is 0.317 e. The van der Waals surface area contributed by atoms with E-state index in [0.29, 0.717) is 44.3 Å². The lowest BCUT2D eigenvalue weighted by atomic mass is 10.2. The van der Waals surface area contributed by atoms with Crippen molar-refractivity contribution in [1.82, 2.24) is 30.7 Å². The molecule has 28 heavy (non-hydrogen) atoms. The highest BCUT2D eigenvalue weighted by Crippen LogP contribution is 2.38. The van der Waals surface area contributed by atoms with Crippen LogP contribution in [0.4, 0.5) is 4.79 Å². The van der Waals surface area contributed by atoms with Crippen LogP contribution >= 0.6 is 0 Å². The summed E-state index contributed by atoms with van der Waals surface area (Å²) in [7, 11) is 0. The van der Waals surface area contributed by atoms with Gasteiger partial charge >= 0.3 is 6.03 Å². The minimum atomic E-state index is -0.200. The molecule has 9 nitrogen and oxygen atoms in total. The number of aromatic nitrogens is 3. The predicted molar refractivity (Wildman–Crippen MR) is 99.2 cm³/mol. The van der Waals surface area contributed by atoms with Crippen molar-refractivity contribution < 1.29 is 14.1 Å². The van der Waals surface area contributed by atoms with Crippen molar-refractivity contribution >= 4 is 11.9 Å². The number of nitrogens with one attached hydrogen (secondary N) is 2. The van der Waals surface area contributed by atoms with Gasteiger partial charge in [-0.3, -0.25) is 9.78 Å². The highest BCUT2D eigenvalue weighted by molar-refractivity contribution is 5.79. The number of urea groups is 1. The van der Waals surface area contributed by atoms with Crippen molar-refractivity contribution in [2.45, 2.75) is 50.6 Å². The van der Waals surface area contributed by atoms with Gasteiger partial charge in [0.25, 0.3) is 0 Å². The van der Waals surface area contributed by atoms with Crippen molar-refractivity contribution in [3.63, 3.8) is 0 Å². The number of nitrogens with zero attached hydrogens (tertiary/aromatic N) is 4. The molecule has 1 aliphatic carbocycles. The van der Waals surface area contributed by atoms with Gasteiger partial charge in [0.15, 0.2) is 5.82 Å². The largest absolute Gasteiger partial charge is 0.352 e. The molecule has 2 aromatic heterocycles. The number of rotatable bonds is 8. The van der Waals surface area contributed by atoms with Gasteiger partial charge in [0.1, 0.15) is 0 Å². The number of carbonyl (C=O) groups is 2. The van der Waals surface area contributed by atoms with E-state index in [0.717, 1.165) is 30.8 Å².